The number of nitrogens with zero attached hydrogens (tertiary/aromatic N) is 4. The summed E-state index contributed by atoms with van der Waals surface area (Å²) in [5.41, 5.74) is 6.03. The molecular weight excluding hydrogens is 653 g/mol. The molecule has 244 valence electrons. The van der Waals surface area contributed by atoms with Crippen molar-refractivity contribution in [3.8, 4) is 34.2 Å². The molecule has 4 nitrogen and oxygen atoms in total. The Morgan fingerprint density at radius 3 is 1.46 bits per heavy atom. The number of benzene rings is 8. The highest BCUT2D eigenvalue weighted by Crippen LogP contribution is 2.46. The fourth-order valence-electron chi connectivity index (χ4n) is 7.15. The van der Waals surface area contributed by atoms with Crippen molar-refractivity contribution < 1.29 is 0 Å². The van der Waals surface area contributed by atoms with Crippen LogP contribution in [0.4, 0.5) is 17.1 Å². The smallest absolute Gasteiger partial charge is 0.164 e. The first kappa shape index (κ1) is 30.2. The summed E-state index contributed by atoms with van der Waals surface area (Å²) < 4.78 is 2.39. The van der Waals surface area contributed by atoms with Gasteiger partial charge in [-0.05, 0) is 64.0 Å². The second-order valence-electron chi connectivity index (χ2n) is 12.9. The van der Waals surface area contributed by atoms with Gasteiger partial charge >= 0.3 is 0 Å². The quantitative estimate of drug-likeness (QED) is 0.175. The molecule has 10 aromatic rings. The summed E-state index contributed by atoms with van der Waals surface area (Å²) in [4.78, 5) is 17.8. The van der Waals surface area contributed by atoms with E-state index in [4.69, 9.17) is 15.0 Å². The van der Waals surface area contributed by atoms with Crippen molar-refractivity contribution in [2.45, 2.75) is 0 Å². The van der Waals surface area contributed by atoms with Gasteiger partial charge in [-0.1, -0.05) is 140 Å². The summed E-state index contributed by atoms with van der Waals surface area (Å²) in [7, 11) is 0. The first-order valence-corrected chi connectivity index (χ1v) is 18.2. The standard InChI is InChI=1S/C47H30N4S/c1-3-15-33(16-4-1)45-48-46(34-17-5-2-6-18-34)50-47(49-45)41-29-39(30-43-44(41)40-21-11-12-22-42(40)52-43)51(37-25-23-31-13-7-9-19-35(31)27-37)38-26-24-32-14-8-10-20-36(32)28-38/h1-30H. The van der Waals surface area contributed by atoms with Crippen LogP contribution in [-0.2, 0) is 0 Å². The van der Waals surface area contributed by atoms with Gasteiger partial charge in [0, 0.05) is 53.9 Å². The van der Waals surface area contributed by atoms with Gasteiger partial charge in [-0.25, -0.2) is 15.0 Å². The molecule has 0 saturated carbocycles. The van der Waals surface area contributed by atoms with Gasteiger partial charge in [0.15, 0.2) is 17.5 Å². The zero-order valence-electron chi connectivity index (χ0n) is 28.0. The lowest BCUT2D eigenvalue weighted by Crippen LogP contribution is -2.10. The first-order chi connectivity index (χ1) is 25.7. The molecule has 52 heavy (non-hydrogen) atoms. The van der Waals surface area contributed by atoms with Gasteiger partial charge in [-0.15, -0.1) is 11.3 Å². The van der Waals surface area contributed by atoms with E-state index >= 15 is 0 Å². The van der Waals surface area contributed by atoms with Crippen molar-refractivity contribution in [3.05, 3.63) is 182 Å². The molecule has 8 aromatic carbocycles. The second kappa shape index (κ2) is 12.6. The summed E-state index contributed by atoms with van der Waals surface area (Å²) in [5, 5.41) is 7.12. The molecule has 0 aliphatic rings. The predicted octanol–water partition coefficient (Wildman–Crippen LogP) is 13.0. The van der Waals surface area contributed by atoms with Gasteiger partial charge in [-0.3, -0.25) is 0 Å². The summed E-state index contributed by atoms with van der Waals surface area (Å²) in [6.45, 7) is 0. The van der Waals surface area contributed by atoms with Crippen molar-refractivity contribution in [1.29, 1.82) is 0 Å². The Kier molecular flexibility index (Phi) is 7.29. The van der Waals surface area contributed by atoms with Crippen LogP contribution in [-0.4, -0.2) is 15.0 Å². The van der Waals surface area contributed by atoms with E-state index in [0.717, 1.165) is 39.1 Å². The fourth-order valence-corrected chi connectivity index (χ4v) is 8.32. The maximum Gasteiger partial charge on any atom is 0.164 e. The van der Waals surface area contributed by atoms with Crippen LogP contribution in [0.1, 0.15) is 0 Å². The van der Waals surface area contributed by atoms with E-state index in [1.54, 1.807) is 11.3 Å². The summed E-state index contributed by atoms with van der Waals surface area (Å²) in [5.74, 6) is 1.92. The maximum absolute atomic E-state index is 5.23. The highest BCUT2D eigenvalue weighted by Gasteiger charge is 2.22. The SMILES string of the molecule is c1ccc(-c2nc(-c3ccccc3)nc(-c3cc(N(c4ccc5ccccc5c4)c4ccc5ccccc5c4)cc4sc5ccccc5c34)n2)cc1. The summed E-state index contributed by atoms with van der Waals surface area (Å²) >= 11 is 1.80. The topological polar surface area (TPSA) is 41.9 Å². The van der Waals surface area contributed by atoms with Gasteiger partial charge < -0.3 is 4.90 Å². The number of aromatic nitrogens is 3. The van der Waals surface area contributed by atoms with Crippen molar-refractivity contribution in [1.82, 2.24) is 15.0 Å². The molecule has 10 rings (SSSR count). The van der Waals surface area contributed by atoms with Crippen LogP contribution >= 0.6 is 11.3 Å². The molecule has 0 saturated heterocycles. The maximum atomic E-state index is 5.23. The van der Waals surface area contributed by atoms with Crippen LogP contribution in [0.25, 0.3) is 75.9 Å². The minimum absolute atomic E-state index is 0.639. The monoisotopic (exact) mass is 682 g/mol. The number of hydrogen-bond acceptors (Lipinski definition) is 5. The Hall–Kier alpha value is -6.69. The van der Waals surface area contributed by atoms with Crippen molar-refractivity contribution in [2.24, 2.45) is 0 Å². The van der Waals surface area contributed by atoms with Crippen LogP contribution in [0, 0.1) is 0 Å². The Balaban J connectivity index is 1.27. The minimum Gasteiger partial charge on any atom is -0.310 e. The highest BCUT2D eigenvalue weighted by atomic mass is 32.1. The van der Waals surface area contributed by atoms with Gasteiger partial charge in [0.25, 0.3) is 0 Å². The lowest BCUT2D eigenvalue weighted by atomic mass is 10.0. The molecule has 0 aliphatic heterocycles. The molecule has 0 aliphatic carbocycles. The Labute approximate surface area is 305 Å². The van der Waals surface area contributed by atoms with Crippen LogP contribution in [0.3, 0.4) is 0 Å². The molecule has 0 N–H and O–H groups in total. The number of fused-ring (bicyclic) bond motifs is 5. The van der Waals surface area contributed by atoms with E-state index in [9.17, 15) is 0 Å². The molecule has 0 unspecified atom stereocenters. The number of rotatable bonds is 6. The molecule has 0 amide bonds. The first-order valence-electron chi connectivity index (χ1n) is 17.4. The Morgan fingerprint density at radius 1 is 0.365 bits per heavy atom. The van der Waals surface area contributed by atoms with E-state index in [-0.39, 0.29) is 0 Å². The third-order valence-electron chi connectivity index (χ3n) is 9.64. The molecule has 2 aromatic heterocycles. The zero-order chi connectivity index (χ0) is 34.4. The second-order valence-corrected chi connectivity index (χ2v) is 14.0. The van der Waals surface area contributed by atoms with Gasteiger partial charge in [0.05, 0.1) is 0 Å². The van der Waals surface area contributed by atoms with Gasteiger partial charge in [0.1, 0.15) is 0 Å². The molecular formula is C47H30N4S. The number of thiophene rings is 1. The molecule has 0 radical (unpaired) electrons. The lowest BCUT2D eigenvalue weighted by molar-refractivity contribution is 1.08. The fraction of sp³-hybridized carbons (Fsp3) is 0. The number of anilines is 3. The van der Waals surface area contributed by atoms with Gasteiger partial charge in [0.2, 0.25) is 0 Å². The van der Waals surface area contributed by atoms with Gasteiger partial charge in [-0.2, -0.15) is 0 Å². The molecule has 0 atom stereocenters. The van der Waals surface area contributed by atoms with E-state index in [2.05, 4.69) is 150 Å². The predicted molar refractivity (Wildman–Crippen MR) is 219 cm³/mol. The molecule has 5 heteroatoms. The van der Waals surface area contributed by atoms with E-state index in [1.165, 1.54) is 36.3 Å². The summed E-state index contributed by atoms with van der Waals surface area (Å²) in [6.07, 6.45) is 0. The Bertz CT molecular complexity index is 2780. The molecule has 0 bridgehead atoms. The van der Waals surface area contributed by atoms with Crippen molar-refractivity contribution in [3.63, 3.8) is 0 Å². The third-order valence-corrected chi connectivity index (χ3v) is 10.8. The highest BCUT2D eigenvalue weighted by molar-refractivity contribution is 7.26. The van der Waals surface area contributed by atoms with Crippen LogP contribution in [0.2, 0.25) is 0 Å². The molecule has 2 heterocycles. The Morgan fingerprint density at radius 2 is 0.865 bits per heavy atom. The molecule has 0 fully saturated rings. The summed E-state index contributed by atoms with van der Waals surface area (Å²) in [6, 6.07) is 64.1. The lowest BCUT2D eigenvalue weighted by Gasteiger charge is -2.27. The minimum atomic E-state index is 0.639. The average Bonchev–Trinajstić information content (AvgIpc) is 3.60. The largest absolute Gasteiger partial charge is 0.310 e. The van der Waals surface area contributed by atoms with Crippen LogP contribution in [0.15, 0.2) is 182 Å². The molecule has 0 spiro atoms. The van der Waals surface area contributed by atoms with Crippen LogP contribution < -0.4 is 4.90 Å². The van der Waals surface area contributed by atoms with Crippen molar-refractivity contribution >= 4 is 70.1 Å². The number of hydrogen-bond donors (Lipinski definition) is 0. The zero-order valence-corrected chi connectivity index (χ0v) is 28.8. The van der Waals surface area contributed by atoms with E-state index in [1.807, 2.05) is 36.4 Å². The van der Waals surface area contributed by atoms with Crippen molar-refractivity contribution in [2.75, 3.05) is 4.90 Å². The van der Waals surface area contributed by atoms with E-state index in [0.29, 0.717) is 17.5 Å². The third kappa shape index (κ3) is 5.36. The normalized spacial score (nSPS) is 11.5. The average molecular weight is 683 g/mol. The van der Waals surface area contributed by atoms with E-state index < -0.39 is 0 Å². The van der Waals surface area contributed by atoms with Crippen LogP contribution in [0.5, 0.6) is 0 Å².